The molecule has 28 heavy (non-hydrogen) atoms. The molecule has 0 saturated carbocycles. The number of hydrogen-bond donors (Lipinski definition) is 1. The molecule has 0 aliphatic heterocycles. The predicted octanol–water partition coefficient (Wildman–Crippen LogP) is 3.52. The third-order valence-electron chi connectivity index (χ3n) is 3.77. The lowest BCUT2D eigenvalue weighted by atomic mass is 10.2. The number of amides is 1. The number of benzene rings is 2. The number of rotatable bonds is 7. The second kappa shape index (κ2) is 9.31. The van der Waals surface area contributed by atoms with E-state index in [0.29, 0.717) is 22.3 Å². The number of sulfonamides is 1. The van der Waals surface area contributed by atoms with Gasteiger partial charge in [0.25, 0.3) is 5.91 Å². The molecule has 0 spiro atoms. The van der Waals surface area contributed by atoms with Crippen LogP contribution in [0.4, 0.5) is 5.69 Å². The Morgan fingerprint density at radius 3 is 2.25 bits per heavy atom. The van der Waals surface area contributed by atoms with E-state index in [4.69, 9.17) is 4.74 Å². The zero-order valence-corrected chi connectivity index (χ0v) is 18.1. The molecule has 0 unspecified atom stereocenters. The van der Waals surface area contributed by atoms with Gasteiger partial charge in [0.2, 0.25) is 10.0 Å². The van der Waals surface area contributed by atoms with Gasteiger partial charge in [-0.3, -0.25) is 4.79 Å². The standard InChI is InChI=1S/C19H21BrN2O5S/c1-4-11-27-19(24)13-5-8-15(9-6-13)21-18(23)14-7-10-16(20)17(12-14)28(25,26)22(2)3/h5-10,12H,4,11H2,1-3H3,(H,21,23). The van der Waals surface area contributed by atoms with Crippen molar-refractivity contribution in [3.8, 4) is 0 Å². The largest absolute Gasteiger partial charge is 0.462 e. The minimum atomic E-state index is -3.70. The molecule has 2 aromatic carbocycles. The third-order valence-corrected chi connectivity index (χ3v) is 6.58. The van der Waals surface area contributed by atoms with Crippen LogP contribution in [0.3, 0.4) is 0 Å². The Morgan fingerprint density at radius 2 is 1.68 bits per heavy atom. The first kappa shape index (κ1) is 22.1. The average molecular weight is 469 g/mol. The van der Waals surface area contributed by atoms with Crippen LogP contribution in [0.2, 0.25) is 0 Å². The monoisotopic (exact) mass is 468 g/mol. The maximum atomic E-state index is 12.5. The highest BCUT2D eigenvalue weighted by Gasteiger charge is 2.22. The number of nitrogens with one attached hydrogen (secondary N) is 1. The van der Waals surface area contributed by atoms with Gasteiger partial charge in [-0.25, -0.2) is 17.5 Å². The molecule has 9 heteroatoms. The topological polar surface area (TPSA) is 92.8 Å². The summed E-state index contributed by atoms with van der Waals surface area (Å²) in [5.41, 5.74) is 1.04. The quantitative estimate of drug-likeness (QED) is 0.627. The summed E-state index contributed by atoms with van der Waals surface area (Å²) in [7, 11) is -0.868. The van der Waals surface area contributed by atoms with E-state index in [2.05, 4.69) is 21.2 Å². The maximum absolute atomic E-state index is 12.5. The zero-order valence-electron chi connectivity index (χ0n) is 15.7. The van der Waals surface area contributed by atoms with Crippen LogP contribution in [0.5, 0.6) is 0 Å². The number of esters is 1. The molecule has 1 N–H and O–H groups in total. The molecule has 7 nitrogen and oxygen atoms in total. The summed E-state index contributed by atoms with van der Waals surface area (Å²) < 4.78 is 31.3. The number of hydrogen-bond acceptors (Lipinski definition) is 5. The molecule has 2 aromatic rings. The van der Waals surface area contributed by atoms with Crippen LogP contribution >= 0.6 is 15.9 Å². The van der Waals surface area contributed by atoms with Gasteiger partial charge in [-0.2, -0.15) is 0 Å². The van der Waals surface area contributed by atoms with E-state index in [0.717, 1.165) is 10.7 Å². The van der Waals surface area contributed by atoms with E-state index in [1.54, 1.807) is 24.3 Å². The van der Waals surface area contributed by atoms with Gasteiger partial charge in [0.05, 0.1) is 17.1 Å². The van der Waals surface area contributed by atoms with Crippen molar-refractivity contribution in [1.29, 1.82) is 0 Å². The summed E-state index contributed by atoms with van der Waals surface area (Å²) in [6, 6.07) is 10.6. The molecule has 2 rings (SSSR count). The zero-order chi connectivity index (χ0) is 20.9. The van der Waals surface area contributed by atoms with Crippen LogP contribution in [-0.4, -0.2) is 45.3 Å². The summed E-state index contributed by atoms with van der Waals surface area (Å²) in [5.74, 6) is -0.893. The molecular formula is C19H21BrN2O5S. The fraction of sp³-hybridized carbons (Fsp3) is 0.263. The van der Waals surface area contributed by atoms with Crippen LogP contribution in [0.15, 0.2) is 51.8 Å². The van der Waals surface area contributed by atoms with Crippen LogP contribution in [0.1, 0.15) is 34.1 Å². The van der Waals surface area contributed by atoms with Gasteiger partial charge in [-0.1, -0.05) is 6.92 Å². The number of nitrogens with zero attached hydrogens (tertiary/aromatic N) is 1. The van der Waals surface area contributed by atoms with Gasteiger partial charge < -0.3 is 10.1 Å². The van der Waals surface area contributed by atoms with Crippen LogP contribution in [-0.2, 0) is 14.8 Å². The van der Waals surface area contributed by atoms with Crippen LogP contribution in [0, 0.1) is 0 Å². The Balaban J connectivity index is 2.18. The fourth-order valence-electron chi connectivity index (χ4n) is 2.21. The molecule has 0 aromatic heterocycles. The second-order valence-corrected chi connectivity index (χ2v) is 9.07. The smallest absolute Gasteiger partial charge is 0.338 e. The summed E-state index contributed by atoms with van der Waals surface area (Å²) in [6.07, 6.45) is 0.735. The Kier molecular flexibility index (Phi) is 7.34. The molecule has 0 saturated heterocycles. The molecule has 0 heterocycles. The highest BCUT2D eigenvalue weighted by atomic mass is 79.9. The predicted molar refractivity (Wildman–Crippen MR) is 110 cm³/mol. The van der Waals surface area contributed by atoms with Crippen molar-refractivity contribution in [3.63, 3.8) is 0 Å². The van der Waals surface area contributed by atoms with Crippen molar-refractivity contribution in [3.05, 3.63) is 58.1 Å². The lowest BCUT2D eigenvalue weighted by molar-refractivity contribution is 0.0505. The normalized spacial score (nSPS) is 11.3. The van der Waals surface area contributed by atoms with Crippen molar-refractivity contribution in [2.24, 2.45) is 0 Å². The summed E-state index contributed by atoms with van der Waals surface area (Å²) in [6.45, 7) is 2.25. The van der Waals surface area contributed by atoms with Crippen molar-refractivity contribution in [2.75, 3.05) is 26.0 Å². The first-order chi connectivity index (χ1) is 13.2. The van der Waals surface area contributed by atoms with E-state index in [9.17, 15) is 18.0 Å². The van der Waals surface area contributed by atoms with Crippen molar-refractivity contribution >= 4 is 43.5 Å². The molecule has 0 aliphatic rings. The Hall–Kier alpha value is -2.23. The molecule has 0 bridgehead atoms. The van der Waals surface area contributed by atoms with Gasteiger partial charge >= 0.3 is 5.97 Å². The first-order valence-electron chi connectivity index (χ1n) is 8.47. The average Bonchev–Trinajstić information content (AvgIpc) is 2.66. The van der Waals surface area contributed by atoms with E-state index in [1.165, 1.54) is 32.3 Å². The van der Waals surface area contributed by atoms with E-state index in [-0.39, 0.29) is 10.5 Å². The molecule has 1 amide bonds. The number of carbonyl (C=O) groups is 2. The number of anilines is 1. The summed E-state index contributed by atoms with van der Waals surface area (Å²) in [4.78, 5) is 24.3. The van der Waals surface area contributed by atoms with Gasteiger partial charge in [-0.15, -0.1) is 0 Å². The van der Waals surface area contributed by atoms with E-state index < -0.39 is 21.9 Å². The van der Waals surface area contributed by atoms with Crippen LogP contribution in [0.25, 0.3) is 0 Å². The SMILES string of the molecule is CCCOC(=O)c1ccc(NC(=O)c2ccc(Br)c(S(=O)(=O)N(C)C)c2)cc1. The minimum absolute atomic E-state index is 0.000771. The van der Waals surface area contributed by atoms with Gasteiger partial charge in [-0.05, 0) is 64.8 Å². The van der Waals surface area contributed by atoms with Crippen LogP contribution < -0.4 is 5.32 Å². The highest BCUT2D eigenvalue weighted by Crippen LogP contribution is 2.25. The molecule has 0 fully saturated rings. The molecule has 0 aliphatic carbocycles. The number of carbonyl (C=O) groups excluding carboxylic acids is 2. The molecular weight excluding hydrogens is 448 g/mol. The van der Waals surface area contributed by atoms with Gasteiger partial charge in [0, 0.05) is 29.8 Å². The lowest BCUT2D eigenvalue weighted by Gasteiger charge is -2.14. The van der Waals surface area contributed by atoms with Gasteiger partial charge in [0.1, 0.15) is 0 Å². The Morgan fingerprint density at radius 1 is 1.07 bits per heavy atom. The summed E-state index contributed by atoms with van der Waals surface area (Å²) >= 11 is 3.21. The number of ether oxygens (including phenoxy) is 1. The van der Waals surface area contributed by atoms with E-state index >= 15 is 0 Å². The Bertz CT molecular complexity index is 972. The fourth-order valence-corrected chi connectivity index (χ4v) is 4.05. The van der Waals surface area contributed by atoms with Crippen molar-refractivity contribution in [2.45, 2.75) is 18.2 Å². The second-order valence-electron chi connectivity index (χ2n) is 6.10. The highest BCUT2D eigenvalue weighted by molar-refractivity contribution is 9.10. The third kappa shape index (κ3) is 5.18. The molecule has 150 valence electrons. The maximum Gasteiger partial charge on any atom is 0.338 e. The lowest BCUT2D eigenvalue weighted by Crippen LogP contribution is -2.23. The summed E-state index contributed by atoms with van der Waals surface area (Å²) in [5, 5.41) is 2.68. The Labute approximate surface area is 172 Å². The molecule has 0 radical (unpaired) electrons. The number of halogens is 1. The molecule has 0 atom stereocenters. The minimum Gasteiger partial charge on any atom is -0.462 e. The van der Waals surface area contributed by atoms with Crippen molar-refractivity contribution in [1.82, 2.24) is 4.31 Å². The van der Waals surface area contributed by atoms with Crippen molar-refractivity contribution < 1.29 is 22.7 Å². The van der Waals surface area contributed by atoms with E-state index in [1.807, 2.05) is 6.92 Å². The first-order valence-corrected chi connectivity index (χ1v) is 10.7. The van der Waals surface area contributed by atoms with Gasteiger partial charge in [0.15, 0.2) is 0 Å².